The van der Waals surface area contributed by atoms with E-state index in [4.69, 9.17) is 10.5 Å². The number of hydrogen-bond donors (Lipinski definition) is 1. The van der Waals surface area contributed by atoms with Gasteiger partial charge in [0.15, 0.2) is 0 Å². The summed E-state index contributed by atoms with van der Waals surface area (Å²) >= 11 is 0. The second-order valence-corrected chi connectivity index (χ2v) is 6.86. The van der Waals surface area contributed by atoms with Crippen LogP contribution in [-0.2, 0) is 4.74 Å². The molecule has 1 fully saturated rings. The molecule has 4 nitrogen and oxygen atoms in total. The molecule has 2 atom stereocenters. The summed E-state index contributed by atoms with van der Waals surface area (Å²) < 4.78 is 5.47. The molecule has 0 bridgehead atoms. The number of rotatable bonds is 3. The maximum Gasteiger partial charge on any atom is 0.410 e. The molecule has 1 saturated heterocycles. The van der Waals surface area contributed by atoms with Crippen molar-refractivity contribution in [1.29, 1.82) is 0 Å². The van der Waals surface area contributed by atoms with Gasteiger partial charge in [0.05, 0.1) is 0 Å². The highest BCUT2D eigenvalue weighted by Gasteiger charge is 2.26. The Morgan fingerprint density at radius 1 is 1.42 bits per heavy atom. The van der Waals surface area contributed by atoms with Gasteiger partial charge in [-0.15, -0.1) is 0 Å². The third kappa shape index (κ3) is 6.28. The molecular formula is C15H30N2O2. The van der Waals surface area contributed by atoms with E-state index in [-0.39, 0.29) is 6.09 Å². The minimum absolute atomic E-state index is 0.167. The summed E-state index contributed by atoms with van der Waals surface area (Å²) in [7, 11) is 0. The monoisotopic (exact) mass is 270 g/mol. The van der Waals surface area contributed by atoms with Crippen LogP contribution in [0.25, 0.3) is 0 Å². The Morgan fingerprint density at radius 2 is 2.11 bits per heavy atom. The molecule has 2 unspecified atom stereocenters. The Bertz CT molecular complexity index is 286. The van der Waals surface area contributed by atoms with Gasteiger partial charge in [0.1, 0.15) is 5.60 Å². The number of nitrogens with two attached hydrogens (primary N) is 1. The fraction of sp³-hybridized carbons (Fsp3) is 0.933. The Morgan fingerprint density at radius 3 is 2.68 bits per heavy atom. The first-order chi connectivity index (χ1) is 8.81. The van der Waals surface area contributed by atoms with E-state index in [1.54, 1.807) is 0 Å². The number of likely N-dealkylation sites (tertiary alicyclic amines) is 1. The molecule has 0 spiro atoms. The van der Waals surface area contributed by atoms with E-state index in [1.807, 2.05) is 25.7 Å². The van der Waals surface area contributed by atoms with E-state index in [2.05, 4.69) is 6.92 Å². The number of ether oxygens (including phenoxy) is 1. The fourth-order valence-corrected chi connectivity index (χ4v) is 2.58. The molecule has 0 aliphatic carbocycles. The molecule has 0 aromatic carbocycles. The summed E-state index contributed by atoms with van der Waals surface area (Å²) in [6, 6.07) is 0. The topological polar surface area (TPSA) is 55.6 Å². The van der Waals surface area contributed by atoms with Gasteiger partial charge >= 0.3 is 6.09 Å². The van der Waals surface area contributed by atoms with E-state index in [0.29, 0.717) is 11.8 Å². The van der Waals surface area contributed by atoms with Crippen molar-refractivity contribution < 1.29 is 9.53 Å². The van der Waals surface area contributed by atoms with Crippen LogP contribution >= 0.6 is 0 Å². The Hall–Kier alpha value is -0.770. The Balaban J connectivity index is 2.55. The van der Waals surface area contributed by atoms with Crippen LogP contribution in [0.3, 0.4) is 0 Å². The third-order valence-electron chi connectivity index (χ3n) is 3.56. The lowest BCUT2D eigenvalue weighted by Gasteiger charge is -2.29. The van der Waals surface area contributed by atoms with E-state index in [0.717, 1.165) is 32.5 Å². The molecule has 1 amide bonds. The van der Waals surface area contributed by atoms with Gasteiger partial charge in [-0.3, -0.25) is 0 Å². The van der Waals surface area contributed by atoms with Crippen molar-refractivity contribution in [3.05, 3.63) is 0 Å². The first-order valence-electron chi connectivity index (χ1n) is 7.50. The van der Waals surface area contributed by atoms with Crippen LogP contribution < -0.4 is 5.73 Å². The molecular weight excluding hydrogens is 240 g/mol. The normalized spacial score (nSPS) is 22.8. The average Bonchev–Trinajstić information content (AvgIpc) is 2.52. The maximum atomic E-state index is 12.1. The van der Waals surface area contributed by atoms with E-state index in [9.17, 15) is 4.79 Å². The molecule has 0 radical (unpaired) electrons. The van der Waals surface area contributed by atoms with Crippen molar-refractivity contribution >= 4 is 6.09 Å². The van der Waals surface area contributed by atoms with Crippen LogP contribution in [0.1, 0.15) is 53.4 Å². The van der Waals surface area contributed by atoms with Gasteiger partial charge in [0, 0.05) is 13.1 Å². The van der Waals surface area contributed by atoms with Gasteiger partial charge in [0.25, 0.3) is 0 Å². The largest absolute Gasteiger partial charge is 0.444 e. The third-order valence-corrected chi connectivity index (χ3v) is 3.56. The van der Waals surface area contributed by atoms with Gasteiger partial charge in [-0.1, -0.05) is 13.3 Å². The quantitative estimate of drug-likeness (QED) is 0.857. The van der Waals surface area contributed by atoms with Crippen molar-refractivity contribution in [2.24, 2.45) is 17.6 Å². The minimum Gasteiger partial charge on any atom is -0.444 e. The number of amides is 1. The second kappa shape index (κ2) is 7.13. The number of carbonyl (C=O) groups is 1. The highest BCUT2D eigenvalue weighted by Crippen LogP contribution is 2.24. The number of hydrogen-bond acceptors (Lipinski definition) is 3. The lowest BCUT2D eigenvalue weighted by Crippen LogP contribution is -2.39. The average molecular weight is 270 g/mol. The van der Waals surface area contributed by atoms with Crippen LogP contribution in [0.5, 0.6) is 0 Å². The highest BCUT2D eigenvalue weighted by molar-refractivity contribution is 5.68. The molecule has 2 N–H and O–H groups in total. The maximum absolute atomic E-state index is 12.1. The van der Waals surface area contributed by atoms with Crippen molar-refractivity contribution in [1.82, 2.24) is 4.90 Å². The summed E-state index contributed by atoms with van der Waals surface area (Å²) in [5.41, 5.74) is 5.29. The smallest absolute Gasteiger partial charge is 0.410 e. The minimum atomic E-state index is -0.413. The molecule has 1 rings (SSSR count). The molecule has 1 aliphatic heterocycles. The summed E-state index contributed by atoms with van der Waals surface area (Å²) in [6.45, 7) is 10.3. The zero-order valence-electron chi connectivity index (χ0n) is 12.9. The number of nitrogens with zero attached hydrogens (tertiary/aromatic N) is 1. The summed E-state index contributed by atoms with van der Waals surface area (Å²) in [4.78, 5) is 14.0. The van der Waals surface area contributed by atoms with E-state index < -0.39 is 5.60 Å². The summed E-state index contributed by atoms with van der Waals surface area (Å²) in [5, 5.41) is 0. The van der Waals surface area contributed by atoms with Gasteiger partial charge in [0.2, 0.25) is 0 Å². The first-order valence-corrected chi connectivity index (χ1v) is 7.50. The zero-order chi connectivity index (χ0) is 14.5. The van der Waals surface area contributed by atoms with Gasteiger partial charge in [-0.25, -0.2) is 4.79 Å². The van der Waals surface area contributed by atoms with Crippen molar-refractivity contribution in [2.75, 3.05) is 19.6 Å². The molecule has 0 aromatic rings. The molecule has 112 valence electrons. The van der Waals surface area contributed by atoms with Gasteiger partial charge in [-0.05, 0) is 58.4 Å². The molecule has 19 heavy (non-hydrogen) atoms. The van der Waals surface area contributed by atoms with Crippen molar-refractivity contribution in [3.63, 3.8) is 0 Å². The van der Waals surface area contributed by atoms with Crippen LogP contribution in [0.4, 0.5) is 4.79 Å². The summed E-state index contributed by atoms with van der Waals surface area (Å²) in [6.07, 6.45) is 4.41. The van der Waals surface area contributed by atoms with Crippen LogP contribution in [0, 0.1) is 11.8 Å². The standard InChI is InChI=1S/C15H30N2O2/c1-12(10-16)9-13-7-5-6-8-17(11-13)14(18)19-15(2,3)4/h12-13H,5-11,16H2,1-4H3. The van der Waals surface area contributed by atoms with Crippen LogP contribution in [0.15, 0.2) is 0 Å². The molecule has 4 heteroatoms. The van der Waals surface area contributed by atoms with Crippen molar-refractivity contribution in [3.8, 4) is 0 Å². The van der Waals surface area contributed by atoms with Gasteiger partial charge < -0.3 is 15.4 Å². The zero-order valence-corrected chi connectivity index (χ0v) is 12.9. The molecule has 1 aliphatic rings. The van der Waals surface area contributed by atoms with Crippen LogP contribution in [0.2, 0.25) is 0 Å². The van der Waals surface area contributed by atoms with E-state index >= 15 is 0 Å². The lowest BCUT2D eigenvalue weighted by molar-refractivity contribution is 0.0229. The highest BCUT2D eigenvalue weighted by atomic mass is 16.6. The first kappa shape index (κ1) is 16.3. The molecule has 1 heterocycles. The summed E-state index contributed by atoms with van der Waals surface area (Å²) in [5.74, 6) is 1.09. The Labute approximate surface area is 117 Å². The molecule has 0 saturated carbocycles. The lowest BCUT2D eigenvalue weighted by atomic mass is 9.92. The Kier molecular flexibility index (Phi) is 6.11. The van der Waals surface area contributed by atoms with E-state index in [1.165, 1.54) is 12.8 Å². The fourth-order valence-electron chi connectivity index (χ4n) is 2.58. The second-order valence-electron chi connectivity index (χ2n) is 6.86. The molecule has 0 aromatic heterocycles. The number of carbonyl (C=O) groups excluding carboxylic acids is 1. The van der Waals surface area contributed by atoms with Gasteiger partial charge in [-0.2, -0.15) is 0 Å². The predicted molar refractivity (Wildman–Crippen MR) is 78.0 cm³/mol. The van der Waals surface area contributed by atoms with Crippen molar-refractivity contribution in [2.45, 2.75) is 59.0 Å². The van der Waals surface area contributed by atoms with Crippen LogP contribution in [-0.4, -0.2) is 36.2 Å². The predicted octanol–water partition coefficient (Wildman–Crippen LogP) is 3.01. The SMILES string of the molecule is CC(CN)CC1CCCCN(C(=O)OC(C)(C)C)C1.